The van der Waals surface area contributed by atoms with Gasteiger partial charge in [-0.25, -0.2) is 0 Å². The molecule has 2 rings (SSSR count). The Morgan fingerprint density at radius 2 is 1.53 bits per heavy atom. The zero-order valence-corrected chi connectivity index (χ0v) is 11.7. The Kier molecular flexibility index (Phi) is 3.65. The summed E-state index contributed by atoms with van der Waals surface area (Å²) in [6, 6.07) is 9.48. The molecule has 3 nitrogen and oxygen atoms in total. The van der Waals surface area contributed by atoms with E-state index < -0.39 is 0 Å². The van der Waals surface area contributed by atoms with Gasteiger partial charge in [-0.15, -0.1) is 0 Å². The van der Waals surface area contributed by atoms with Crippen LogP contribution in [0.1, 0.15) is 11.1 Å². The molecular formula is C16H18O3. The summed E-state index contributed by atoms with van der Waals surface area (Å²) in [6.45, 7) is 3.98. The molecule has 0 amide bonds. The Morgan fingerprint density at radius 3 is 2.16 bits per heavy atom. The molecule has 100 valence electrons. The Labute approximate surface area is 113 Å². The maximum atomic E-state index is 10.2. The van der Waals surface area contributed by atoms with Crippen LogP contribution < -0.4 is 9.47 Å². The van der Waals surface area contributed by atoms with Crippen LogP contribution in [-0.2, 0) is 0 Å². The molecule has 0 aliphatic rings. The predicted octanol–water partition coefficient (Wildman–Crippen LogP) is 3.69. The van der Waals surface area contributed by atoms with Crippen molar-refractivity contribution in [2.45, 2.75) is 13.8 Å². The highest BCUT2D eigenvalue weighted by Crippen LogP contribution is 2.39. The van der Waals surface area contributed by atoms with Crippen molar-refractivity contribution in [2.24, 2.45) is 0 Å². The third kappa shape index (κ3) is 2.36. The van der Waals surface area contributed by atoms with Crippen LogP contribution in [0.3, 0.4) is 0 Å². The Bertz CT molecular complexity index is 603. The lowest BCUT2D eigenvalue weighted by Crippen LogP contribution is -1.92. The van der Waals surface area contributed by atoms with E-state index in [2.05, 4.69) is 0 Å². The molecule has 0 bridgehead atoms. The highest BCUT2D eigenvalue weighted by Gasteiger charge is 2.13. The molecule has 0 aliphatic heterocycles. The minimum Gasteiger partial charge on any atom is -0.504 e. The van der Waals surface area contributed by atoms with E-state index in [-0.39, 0.29) is 5.75 Å². The summed E-state index contributed by atoms with van der Waals surface area (Å²) in [6.07, 6.45) is 0. The van der Waals surface area contributed by atoms with E-state index in [0.29, 0.717) is 5.75 Å². The molecule has 0 saturated heterocycles. The van der Waals surface area contributed by atoms with Gasteiger partial charge in [-0.1, -0.05) is 12.1 Å². The zero-order chi connectivity index (χ0) is 14.0. The van der Waals surface area contributed by atoms with Gasteiger partial charge in [-0.2, -0.15) is 0 Å². The maximum absolute atomic E-state index is 10.2. The standard InChI is InChI=1S/C16H18O3/c1-10-9-15(19-4)11(2)8-13(10)12-6-5-7-14(18-3)16(12)17/h5-9,17H,1-4H3. The van der Waals surface area contributed by atoms with Gasteiger partial charge >= 0.3 is 0 Å². The first-order valence-electron chi connectivity index (χ1n) is 6.10. The average Bonchev–Trinajstić information content (AvgIpc) is 2.41. The molecule has 0 radical (unpaired) electrons. The van der Waals surface area contributed by atoms with Crippen LogP contribution in [0.5, 0.6) is 17.2 Å². The molecule has 2 aromatic carbocycles. The fourth-order valence-electron chi connectivity index (χ4n) is 2.20. The van der Waals surface area contributed by atoms with E-state index >= 15 is 0 Å². The number of aromatic hydroxyl groups is 1. The number of phenols is 1. The molecular weight excluding hydrogens is 240 g/mol. The van der Waals surface area contributed by atoms with E-state index in [9.17, 15) is 5.11 Å². The summed E-state index contributed by atoms with van der Waals surface area (Å²) in [5.74, 6) is 1.49. The Hall–Kier alpha value is -2.16. The number of ether oxygens (including phenoxy) is 2. The number of rotatable bonds is 3. The first kappa shape index (κ1) is 13.3. The van der Waals surface area contributed by atoms with Crippen LogP contribution in [0.2, 0.25) is 0 Å². The summed E-state index contributed by atoms with van der Waals surface area (Å²) in [4.78, 5) is 0. The van der Waals surface area contributed by atoms with Gasteiger partial charge in [-0.05, 0) is 48.7 Å². The SMILES string of the molecule is COc1cc(C)c(-c2cccc(OC)c2O)cc1C. The van der Waals surface area contributed by atoms with Gasteiger partial charge < -0.3 is 14.6 Å². The molecule has 0 fully saturated rings. The Balaban J connectivity index is 2.62. The topological polar surface area (TPSA) is 38.7 Å². The third-order valence-corrected chi connectivity index (χ3v) is 3.25. The van der Waals surface area contributed by atoms with Gasteiger partial charge in [0.2, 0.25) is 0 Å². The van der Waals surface area contributed by atoms with Crippen LogP contribution in [0.25, 0.3) is 11.1 Å². The molecule has 3 heteroatoms. The molecule has 0 aromatic heterocycles. The largest absolute Gasteiger partial charge is 0.504 e. The number of aryl methyl sites for hydroxylation is 2. The lowest BCUT2D eigenvalue weighted by atomic mass is 9.97. The molecule has 0 spiro atoms. The van der Waals surface area contributed by atoms with Crippen molar-refractivity contribution in [3.8, 4) is 28.4 Å². The van der Waals surface area contributed by atoms with E-state index in [1.807, 2.05) is 38.1 Å². The number of hydrogen-bond acceptors (Lipinski definition) is 3. The number of benzene rings is 2. The minimum atomic E-state index is 0.165. The first-order valence-corrected chi connectivity index (χ1v) is 6.10. The van der Waals surface area contributed by atoms with Crippen molar-refractivity contribution in [3.63, 3.8) is 0 Å². The first-order chi connectivity index (χ1) is 9.08. The molecule has 0 aliphatic carbocycles. The van der Waals surface area contributed by atoms with Gasteiger partial charge in [0.1, 0.15) is 5.75 Å². The van der Waals surface area contributed by atoms with Gasteiger partial charge in [0.05, 0.1) is 14.2 Å². The predicted molar refractivity (Wildman–Crippen MR) is 76.1 cm³/mol. The highest BCUT2D eigenvalue weighted by atomic mass is 16.5. The quantitative estimate of drug-likeness (QED) is 0.912. The van der Waals surface area contributed by atoms with Crippen molar-refractivity contribution in [2.75, 3.05) is 14.2 Å². The van der Waals surface area contributed by atoms with E-state index in [4.69, 9.17) is 9.47 Å². The summed E-state index contributed by atoms with van der Waals surface area (Å²) in [5, 5.41) is 10.2. The fraction of sp³-hybridized carbons (Fsp3) is 0.250. The van der Waals surface area contributed by atoms with Gasteiger partial charge in [0.25, 0.3) is 0 Å². The molecule has 0 atom stereocenters. The van der Waals surface area contributed by atoms with E-state index in [1.165, 1.54) is 0 Å². The summed E-state index contributed by atoms with van der Waals surface area (Å²) in [7, 11) is 3.20. The van der Waals surface area contributed by atoms with Crippen molar-refractivity contribution in [1.82, 2.24) is 0 Å². The van der Waals surface area contributed by atoms with Crippen LogP contribution in [-0.4, -0.2) is 19.3 Å². The van der Waals surface area contributed by atoms with Crippen molar-refractivity contribution < 1.29 is 14.6 Å². The molecule has 1 N–H and O–H groups in total. The van der Waals surface area contributed by atoms with Crippen LogP contribution in [0.15, 0.2) is 30.3 Å². The zero-order valence-electron chi connectivity index (χ0n) is 11.7. The van der Waals surface area contributed by atoms with Crippen molar-refractivity contribution >= 4 is 0 Å². The second-order valence-corrected chi connectivity index (χ2v) is 4.49. The lowest BCUT2D eigenvalue weighted by Gasteiger charge is -2.14. The number of hydrogen-bond donors (Lipinski definition) is 1. The lowest BCUT2D eigenvalue weighted by molar-refractivity contribution is 0.374. The van der Waals surface area contributed by atoms with E-state index in [0.717, 1.165) is 28.0 Å². The van der Waals surface area contributed by atoms with Gasteiger partial charge in [0.15, 0.2) is 11.5 Å². The number of methoxy groups -OCH3 is 2. The maximum Gasteiger partial charge on any atom is 0.165 e. The minimum absolute atomic E-state index is 0.165. The molecule has 2 aromatic rings. The van der Waals surface area contributed by atoms with Gasteiger partial charge in [-0.3, -0.25) is 0 Å². The molecule has 19 heavy (non-hydrogen) atoms. The molecule has 0 saturated carbocycles. The van der Waals surface area contributed by atoms with Crippen molar-refractivity contribution in [3.05, 3.63) is 41.5 Å². The number of para-hydroxylation sites is 1. The second kappa shape index (κ2) is 5.22. The normalized spacial score (nSPS) is 10.3. The summed E-state index contributed by atoms with van der Waals surface area (Å²) >= 11 is 0. The smallest absolute Gasteiger partial charge is 0.165 e. The van der Waals surface area contributed by atoms with Crippen molar-refractivity contribution in [1.29, 1.82) is 0 Å². The monoisotopic (exact) mass is 258 g/mol. The van der Waals surface area contributed by atoms with Crippen LogP contribution >= 0.6 is 0 Å². The van der Waals surface area contributed by atoms with Crippen LogP contribution in [0, 0.1) is 13.8 Å². The fourth-order valence-corrected chi connectivity index (χ4v) is 2.20. The van der Waals surface area contributed by atoms with E-state index in [1.54, 1.807) is 20.3 Å². The Morgan fingerprint density at radius 1 is 0.842 bits per heavy atom. The van der Waals surface area contributed by atoms with Gasteiger partial charge in [0, 0.05) is 5.56 Å². The third-order valence-electron chi connectivity index (χ3n) is 3.25. The molecule has 0 heterocycles. The van der Waals surface area contributed by atoms with Crippen LogP contribution in [0.4, 0.5) is 0 Å². The summed E-state index contributed by atoms with van der Waals surface area (Å²) < 4.78 is 10.5. The highest BCUT2D eigenvalue weighted by molar-refractivity contribution is 5.77. The molecule has 0 unspecified atom stereocenters. The average molecular weight is 258 g/mol. The summed E-state index contributed by atoms with van der Waals surface area (Å²) in [5.41, 5.74) is 3.83. The number of phenolic OH excluding ortho intramolecular Hbond substituents is 1. The second-order valence-electron chi connectivity index (χ2n) is 4.49.